The van der Waals surface area contributed by atoms with Gasteiger partial charge in [-0.25, -0.2) is 0 Å². The third-order valence-electron chi connectivity index (χ3n) is 4.31. The minimum absolute atomic E-state index is 0.171. The SMILES string of the molecule is CCN(C(=O)c1ccnc(C(=O)Nc2ccc(Cl)cc2C)c1)c1ccccc1. The van der Waals surface area contributed by atoms with E-state index in [4.69, 9.17) is 11.6 Å². The highest BCUT2D eigenvalue weighted by Gasteiger charge is 2.18. The van der Waals surface area contributed by atoms with Crippen LogP contribution >= 0.6 is 11.6 Å². The molecular weight excluding hydrogens is 374 g/mol. The molecule has 0 radical (unpaired) electrons. The van der Waals surface area contributed by atoms with Crippen molar-refractivity contribution in [2.24, 2.45) is 0 Å². The van der Waals surface area contributed by atoms with E-state index in [9.17, 15) is 9.59 Å². The van der Waals surface area contributed by atoms with Crippen molar-refractivity contribution < 1.29 is 9.59 Å². The van der Waals surface area contributed by atoms with Gasteiger partial charge in [-0.05, 0) is 61.9 Å². The van der Waals surface area contributed by atoms with Crippen LogP contribution in [0, 0.1) is 6.92 Å². The molecule has 0 aliphatic rings. The van der Waals surface area contributed by atoms with E-state index in [-0.39, 0.29) is 17.5 Å². The fraction of sp³-hybridized carbons (Fsp3) is 0.136. The number of amides is 2. The molecule has 6 heteroatoms. The van der Waals surface area contributed by atoms with E-state index in [1.54, 1.807) is 29.2 Å². The summed E-state index contributed by atoms with van der Waals surface area (Å²) in [6.45, 7) is 4.27. The van der Waals surface area contributed by atoms with Crippen LogP contribution in [0.1, 0.15) is 33.3 Å². The average molecular weight is 394 g/mol. The summed E-state index contributed by atoms with van der Waals surface area (Å²) in [6, 6.07) is 17.7. The quantitative estimate of drug-likeness (QED) is 0.666. The highest BCUT2D eigenvalue weighted by molar-refractivity contribution is 6.30. The number of para-hydroxylation sites is 1. The maximum absolute atomic E-state index is 13.0. The topological polar surface area (TPSA) is 62.3 Å². The molecule has 0 saturated heterocycles. The minimum atomic E-state index is -0.386. The Balaban J connectivity index is 1.83. The molecule has 0 aliphatic heterocycles. The largest absolute Gasteiger partial charge is 0.320 e. The van der Waals surface area contributed by atoms with Gasteiger partial charge in [0.2, 0.25) is 0 Å². The number of aromatic nitrogens is 1. The Morgan fingerprint density at radius 3 is 2.50 bits per heavy atom. The summed E-state index contributed by atoms with van der Waals surface area (Å²) in [4.78, 5) is 31.3. The summed E-state index contributed by atoms with van der Waals surface area (Å²) in [6.07, 6.45) is 1.47. The Labute approximate surface area is 169 Å². The molecule has 3 aromatic rings. The maximum Gasteiger partial charge on any atom is 0.274 e. The van der Waals surface area contributed by atoms with Crippen molar-refractivity contribution in [3.63, 3.8) is 0 Å². The van der Waals surface area contributed by atoms with Crippen LogP contribution in [0.5, 0.6) is 0 Å². The Bertz CT molecular complexity index is 1010. The van der Waals surface area contributed by atoms with Crippen LogP contribution in [-0.2, 0) is 0 Å². The Morgan fingerprint density at radius 2 is 1.82 bits per heavy atom. The van der Waals surface area contributed by atoms with Crippen molar-refractivity contribution in [2.75, 3.05) is 16.8 Å². The summed E-state index contributed by atoms with van der Waals surface area (Å²) in [5.74, 6) is -0.573. The molecule has 28 heavy (non-hydrogen) atoms. The van der Waals surface area contributed by atoms with Gasteiger partial charge in [-0.1, -0.05) is 29.8 Å². The number of nitrogens with one attached hydrogen (secondary N) is 1. The van der Waals surface area contributed by atoms with E-state index in [1.165, 1.54) is 12.3 Å². The Kier molecular flexibility index (Phi) is 6.06. The van der Waals surface area contributed by atoms with Gasteiger partial charge < -0.3 is 10.2 Å². The molecule has 5 nitrogen and oxygen atoms in total. The summed E-state index contributed by atoms with van der Waals surface area (Å²) < 4.78 is 0. The molecule has 2 aromatic carbocycles. The number of carbonyl (C=O) groups is 2. The highest BCUT2D eigenvalue weighted by Crippen LogP contribution is 2.21. The van der Waals surface area contributed by atoms with Crippen LogP contribution in [0.15, 0.2) is 66.9 Å². The molecule has 0 fully saturated rings. The first-order valence-corrected chi connectivity index (χ1v) is 9.28. The van der Waals surface area contributed by atoms with E-state index in [0.29, 0.717) is 22.8 Å². The van der Waals surface area contributed by atoms with Gasteiger partial charge in [-0.15, -0.1) is 0 Å². The lowest BCUT2D eigenvalue weighted by Crippen LogP contribution is -2.30. The number of benzene rings is 2. The lowest BCUT2D eigenvalue weighted by Gasteiger charge is -2.21. The van der Waals surface area contributed by atoms with Gasteiger partial charge in [0.15, 0.2) is 0 Å². The molecule has 2 amide bonds. The van der Waals surface area contributed by atoms with E-state index >= 15 is 0 Å². The fourth-order valence-corrected chi connectivity index (χ4v) is 3.08. The summed E-state index contributed by atoms with van der Waals surface area (Å²) >= 11 is 5.95. The minimum Gasteiger partial charge on any atom is -0.320 e. The van der Waals surface area contributed by atoms with Gasteiger partial charge in [0, 0.05) is 34.7 Å². The van der Waals surface area contributed by atoms with E-state index in [1.807, 2.05) is 44.2 Å². The van der Waals surface area contributed by atoms with E-state index in [0.717, 1.165) is 11.3 Å². The van der Waals surface area contributed by atoms with Crippen LogP contribution < -0.4 is 10.2 Å². The monoisotopic (exact) mass is 393 g/mol. The lowest BCUT2D eigenvalue weighted by atomic mass is 10.1. The van der Waals surface area contributed by atoms with Crippen molar-refractivity contribution in [1.29, 1.82) is 0 Å². The predicted molar refractivity (Wildman–Crippen MR) is 112 cm³/mol. The van der Waals surface area contributed by atoms with Gasteiger partial charge in [0.1, 0.15) is 5.69 Å². The zero-order chi connectivity index (χ0) is 20.1. The van der Waals surface area contributed by atoms with Crippen molar-refractivity contribution >= 4 is 34.8 Å². The van der Waals surface area contributed by atoms with Gasteiger partial charge in [0.25, 0.3) is 11.8 Å². The molecule has 1 heterocycles. The third kappa shape index (κ3) is 4.38. The number of hydrogen-bond donors (Lipinski definition) is 1. The number of aryl methyl sites for hydroxylation is 1. The molecule has 0 atom stereocenters. The van der Waals surface area contributed by atoms with Crippen molar-refractivity contribution in [3.8, 4) is 0 Å². The molecule has 0 aliphatic carbocycles. The molecule has 0 saturated carbocycles. The second-order valence-electron chi connectivity index (χ2n) is 6.23. The van der Waals surface area contributed by atoms with Crippen LogP contribution in [0.25, 0.3) is 0 Å². The third-order valence-corrected chi connectivity index (χ3v) is 4.54. The highest BCUT2D eigenvalue weighted by atomic mass is 35.5. The molecule has 1 N–H and O–H groups in total. The first-order chi connectivity index (χ1) is 13.5. The van der Waals surface area contributed by atoms with Crippen LogP contribution in [0.3, 0.4) is 0 Å². The smallest absolute Gasteiger partial charge is 0.274 e. The fourth-order valence-electron chi connectivity index (χ4n) is 2.85. The number of pyridine rings is 1. The van der Waals surface area contributed by atoms with Gasteiger partial charge in [0.05, 0.1) is 0 Å². The molecule has 3 rings (SSSR count). The van der Waals surface area contributed by atoms with Crippen molar-refractivity contribution in [1.82, 2.24) is 4.98 Å². The van der Waals surface area contributed by atoms with Crippen LogP contribution in [0.4, 0.5) is 11.4 Å². The normalized spacial score (nSPS) is 10.4. The number of anilines is 2. The van der Waals surface area contributed by atoms with E-state index < -0.39 is 0 Å². The molecule has 0 unspecified atom stereocenters. The summed E-state index contributed by atoms with van der Waals surface area (Å²) in [5, 5.41) is 3.41. The summed E-state index contributed by atoms with van der Waals surface area (Å²) in [7, 11) is 0. The van der Waals surface area contributed by atoms with E-state index in [2.05, 4.69) is 10.3 Å². The van der Waals surface area contributed by atoms with Crippen molar-refractivity contribution in [3.05, 3.63) is 88.7 Å². The number of hydrogen-bond acceptors (Lipinski definition) is 3. The molecule has 0 bridgehead atoms. The van der Waals surface area contributed by atoms with Gasteiger partial charge in [-0.2, -0.15) is 0 Å². The first-order valence-electron chi connectivity index (χ1n) is 8.90. The van der Waals surface area contributed by atoms with Crippen LogP contribution in [-0.4, -0.2) is 23.3 Å². The van der Waals surface area contributed by atoms with Crippen molar-refractivity contribution in [2.45, 2.75) is 13.8 Å². The molecule has 0 spiro atoms. The van der Waals surface area contributed by atoms with Gasteiger partial charge >= 0.3 is 0 Å². The first kappa shape index (κ1) is 19.6. The number of halogens is 1. The summed E-state index contributed by atoms with van der Waals surface area (Å²) in [5.41, 5.74) is 2.86. The molecule has 142 valence electrons. The van der Waals surface area contributed by atoms with Gasteiger partial charge in [-0.3, -0.25) is 14.6 Å². The Hall–Kier alpha value is -3.18. The zero-order valence-corrected chi connectivity index (χ0v) is 16.4. The Morgan fingerprint density at radius 1 is 1.07 bits per heavy atom. The predicted octanol–water partition coefficient (Wildman–Crippen LogP) is 4.96. The average Bonchev–Trinajstić information content (AvgIpc) is 2.71. The second kappa shape index (κ2) is 8.67. The number of rotatable bonds is 5. The second-order valence-corrected chi connectivity index (χ2v) is 6.66. The lowest BCUT2D eigenvalue weighted by molar-refractivity contribution is 0.0988. The maximum atomic E-state index is 13.0. The number of nitrogens with zero attached hydrogens (tertiary/aromatic N) is 2. The molecular formula is C22H20ClN3O2. The number of carbonyl (C=O) groups excluding carboxylic acids is 2. The van der Waals surface area contributed by atoms with Crippen LogP contribution in [0.2, 0.25) is 5.02 Å². The molecule has 1 aromatic heterocycles. The zero-order valence-electron chi connectivity index (χ0n) is 15.6. The standard InChI is InChI=1S/C22H20ClN3O2/c1-3-26(18-7-5-4-6-8-18)22(28)16-11-12-24-20(14-16)21(27)25-19-10-9-17(23)13-15(19)2/h4-14H,3H2,1-2H3,(H,25,27).